The molecule has 2 aliphatic heterocycles. The van der Waals surface area contributed by atoms with E-state index < -0.39 is 0 Å². The summed E-state index contributed by atoms with van der Waals surface area (Å²) in [4.78, 5) is 9.45. The van der Waals surface area contributed by atoms with Crippen LogP contribution < -0.4 is 4.90 Å². The van der Waals surface area contributed by atoms with E-state index in [2.05, 4.69) is 40.8 Å². The number of anilines is 1. The van der Waals surface area contributed by atoms with Gasteiger partial charge in [0.2, 0.25) is 0 Å². The highest BCUT2D eigenvalue weighted by molar-refractivity contribution is 5.46. The fourth-order valence-electron chi connectivity index (χ4n) is 3.67. The van der Waals surface area contributed by atoms with Crippen molar-refractivity contribution in [3.63, 3.8) is 0 Å². The highest BCUT2D eigenvalue weighted by atomic mass is 15.2. The molecule has 0 N–H and O–H groups in total. The van der Waals surface area contributed by atoms with Gasteiger partial charge in [-0.3, -0.25) is 4.98 Å². The first kappa shape index (κ1) is 12.9. The van der Waals surface area contributed by atoms with Crippen molar-refractivity contribution in [3.05, 3.63) is 24.0 Å². The maximum Gasteiger partial charge on any atom is 0.0399 e. The molecule has 3 nitrogen and oxygen atoms in total. The number of piperidine rings is 1. The molecule has 0 atom stereocenters. The van der Waals surface area contributed by atoms with E-state index in [-0.39, 0.29) is 0 Å². The molecule has 0 unspecified atom stereocenters. The molecule has 2 fully saturated rings. The van der Waals surface area contributed by atoms with Crippen LogP contribution in [0.3, 0.4) is 0 Å². The van der Waals surface area contributed by atoms with E-state index in [1.54, 1.807) is 0 Å². The summed E-state index contributed by atoms with van der Waals surface area (Å²) in [5.41, 5.74) is 3.10. The zero-order chi connectivity index (χ0) is 13.3. The van der Waals surface area contributed by atoms with E-state index in [1.807, 2.05) is 6.20 Å². The van der Waals surface area contributed by atoms with Gasteiger partial charge in [-0.1, -0.05) is 6.92 Å². The molecule has 0 saturated carbocycles. The second-order valence-corrected chi connectivity index (χ2v) is 6.26. The molecule has 3 rings (SSSR count). The summed E-state index contributed by atoms with van der Waals surface area (Å²) in [5, 5.41) is 0. The minimum absolute atomic E-state index is 0.620. The van der Waals surface area contributed by atoms with Crippen LogP contribution in [0.2, 0.25) is 0 Å². The Hall–Kier alpha value is -1.09. The molecule has 0 aromatic carbocycles. The molecule has 3 heteroatoms. The van der Waals surface area contributed by atoms with E-state index >= 15 is 0 Å². The fraction of sp³-hybridized carbons (Fsp3) is 0.688. The van der Waals surface area contributed by atoms with Crippen LogP contribution in [0.4, 0.5) is 5.69 Å². The van der Waals surface area contributed by atoms with Gasteiger partial charge in [-0.15, -0.1) is 0 Å². The van der Waals surface area contributed by atoms with Gasteiger partial charge in [0, 0.05) is 37.2 Å². The topological polar surface area (TPSA) is 19.4 Å². The molecule has 0 bridgehead atoms. The zero-order valence-corrected chi connectivity index (χ0v) is 12.2. The van der Waals surface area contributed by atoms with Gasteiger partial charge in [0.05, 0.1) is 0 Å². The lowest BCUT2D eigenvalue weighted by Gasteiger charge is -2.40. The largest absolute Gasteiger partial charge is 0.371 e. The van der Waals surface area contributed by atoms with Gasteiger partial charge in [-0.05, 0) is 56.8 Å². The summed E-state index contributed by atoms with van der Waals surface area (Å²) in [6.07, 6.45) is 6.04. The Morgan fingerprint density at radius 1 is 1.21 bits per heavy atom. The second-order valence-electron chi connectivity index (χ2n) is 6.26. The monoisotopic (exact) mass is 259 g/mol. The number of aryl methyl sites for hydroxylation is 1. The summed E-state index contributed by atoms with van der Waals surface area (Å²) in [6.45, 7) is 10.6. The number of hydrogen-bond acceptors (Lipinski definition) is 3. The standard InChI is InChI=1S/C16H25N3/c1-3-18-9-5-16(13-18)6-10-19(11-7-16)15-4-8-17-14(2)12-15/h4,8,12H,3,5-7,9-11,13H2,1-2H3. The number of pyridine rings is 1. The van der Waals surface area contributed by atoms with Crippen molar-refractivity contribution < 1.29 is 0 Å². The third-order valence-corrected chi connectivity index (χ3v) is 5.03. The van der Waals surface area contributed by atoms with E-state index in [0.717, 1.165) is 5.69 Å². The van der Waals surface area contributed by atoms with Crippen LogP contribution >= 0.6 is 0 Å². The first-order chi connectivity index (χ1) is 9.21. The Bertz CT molecular complexity index is 435. The van der Waals surface area contributed by atoms with Gasteiger partial charge in [0.1, 0.15) is 0 Å². The molecule has 1 spiro atoms. The summed E-state index contributed by atoms with van der Waals surface area (Å²) in [6, 6.07) is 4.36. The summed E-state index contributed by atoms with van der Waals surface area (Å²) < 4.78 is 0. The summed E-state index contributed by atoms with van der Waals surface area (Å²) in [5.74, 6) is 0. The molecule has 1 aromatic heterocycles. The molecule has 0 radical (unpaired) electrons. The second kappa shape index (κ2) is 5.12. The minimum atomic E-state index is 0.620. The first-order valence-electron chi connectivity index (χ1n) is 7.61. The summed E-state index contributed by atoms with van der Waals surface area (Å²) >= 11 is 0. The van der Waals surface area contributed by atoms with Crippen molar-refractivity contribution in [1.29, 1.82) is 0 Å². The normalized spacial score (nSPS) is 23.2. The Morgan fingerprint density at radius 2 is 1.95 bits per heavy atom. The summed E-state index contributed by atoms with van der Waals surface area (Å²) in [7, 11) is 0. The molecule has 0 amide bonds. The third kappa shape index (κ3) is 2.62. The number of rotatable bonds is 2. The number of nitrogens with zero attached hydrogens (tertiary/aromatic N) is 3. The molecule has 0 aliphatic carbocycles. The number of likely N-dealkylation sites (tertiary alicyclic amines) is 1. The molecular weight excluding hydrogens is 234 g/mol. The predicted molar refractivity (Wildman–Crippen MR) is 79.6 cm³/mol. The highest BCUT2D eigenvalue weighted by Gasteiger charge is 2.39. The van der Waals surface area contributed by atoms with Crippen LogP contribution in [0, 0.1) is 12.3 Å². The van der Waals surface area contributed by atoms with Crippen molar-refractivity contribution in [2.75, 3.05) is 37.6 Å². The Labute approximate surface area is 116 Å². The molecule has 104 valence electrons. The molecule has 2 saturated heterocycles. The van der Waals surface area contributed by atoms with Crippen molar-refractivity contribution >= 4 is 5.69 Å². The molecule has 1 aromatic rings. The van der Waals surface area contributed by atoms with Crippen LogP contribution in [0.15, 0.2) is 18.3 Å². The predicted octanol–water partition coefficient (Wildman–Crippen LogP) is 2.70. The Balaban J connectivity index is 1.64. The Morgan fingerprint density at radius 3 is 2.58 bits per heavy atom. The lowest BCUT2D eigenvalue weighted by atomic mass is 9.77. The van der Waals surface area contributed by atoms with Gasteiger partial charge >= 0.3 is 0 Å². The molecular formula is C16H25N3. The molecule has 19 heavy (non-hydrogen) atoms. The van der Waals surface area contributed by atoms with Crippen LogP contribution in [0.1, 0.15) is 31.9 Å². The van der Waals surface area contributed by atoms with E-state index in [9.17, 15) is 0 Å². The SMILES string of the molecule is CCN1CCC2(CCN(c3ccnc(C)c3)CC2)C1. The maximum atomic E-state index is 4.29. The van der Waals surface area contributed by atoms with Crippen LogP contribution in [0.5, 0.6) is 0 Å². The molecule has 3 heterocycles. The van der Waals surface area contributed by atoms with Crippen molar-refractivity contribution in [3.8, 4) is 0 Å². The average molecular weight is 259 g/mol. The van der Waals surface area contributed by atoms with Gasteiger partial charge in [-0.25, -0.2) is 0 Å². The lowest BCUT2D eigenvalue weighted by Crippen LogP contribution is -2.41. The van der Waals surface area contributed by atoms with Gasteiger partial charge < -0.3 is 9.80 Å². The van der Waals surface area contributed by atoms with E-state index in [4.69, 9.17) is 0 Å². The smallest absolute Gasteiger partial charge is 0.0399 e. The third-order valence-electron chi connectivity index (χ3n) is 5.03. The van der Waals surface area contributed by atoms with Crippen molar-refractivity contribution in [2.24, 2.45) is 5.41 Å². The van der Waals surface area contributed by atoms with Gasteiger partial charge in [-0.2, -0.15) is 0 Å². The van der Waals surface area contributed by atoms with E-state index in [0.29, 0.717) is 5.41 Å². The molecule has 2 aliphatic rings. The van der Waals surface area contributed by atoms with Crippen LogP contribution in [-0.2, 0) is 0 Å². The highest BCUT2D eigenvalue weighted by Crippen LogP contribution is 2.41. The minimum Gasteiger partial charge on any atom is -0.371 e. The lowest BCUT2D eigenvalue weighted by molar-refractivity contribution is 0.213. The fourth-order valence-corrected chi connectivity index (χ4v) is 3.67. The first-order valence-corrected chi connectivity index (χ1v) is 7.61. The van der Waals surface area contributed by atoms with Crippen LogP contribution in [-0.4, -0.2) is 42.6 Å². The van der Waals surface area contributed by atoms with Crippen LogP contribution in [0.25, 0.3) is 0 Å². The quantitative estimate of drug-likeness (QED) is 0.814. The van der Waals surface area contributed by atoms with Gasteiger partial charge in [0.15, 0.2) is 0 Å². The van der Waals surface area contributed by atoms with E-state index in [1.165, 1.54) is 57.7 Å². The number of aromatic nitrogens is 1. The average Bonchev–Trinajstić information content (AvgIpc) is 2.83. The zero-order valence-electron chi connectivity index (χ0n) is 12.2. The van der Waals surface area contributed by atoms with Gasteiger partial charge in [0.25, 0.3) is 0 Å². The maximum absolute atomic E-state index is 4.29. The van der Waals surface area contributed by atoms with Crippen molar-refractivity contribution in [2.45, 2.75) is 33.1 Å². The Kier molecular flexibility index (Phi) is 3.48. The number of hydrogen-bond donors (Lipinski definition) is 0. The van der Waals surface area contributed by atoms with Crippen molar-refractivity contribution in [1.82, 2.24) is 9.88 Å².